The lowest BCUT2D eigenvalue weighted by Crippen LogP contribution is -2.30. The zero-order valence-electron chi connectivity index (χ0n) is 64.8. The monoisotopic (exact) mass is 1450 g/mol. The number of phosphoric ester groups is 2. The summed E-state index contributed by atoms with van der Waals surface area (Å²) in [7, 11) is -9.92. The molecule has 2 unspecified atom stereocenters. The van der Waals surface area contributed by atoms with E-state index >= 15 is 0 Å². The Labute approximate surface area is 607 Å². The van der Waals surface area contributed by atoms with Crippen molar-refractivity contribution in [3.8, 4) is 0 Å². The highest BCUT2D eigenvalue weighted by Crippen LogP contribution is 2.45. The Balaban J connectivity index is 5.22. The van der Waals surface area contributed by atoms with Crippen molar-refractivity contribution in [2.45, 2.75) is 439 Å². The Morgan fingerprint density at radius 3 is 0.687 bits per heavy atom. The molecule has 0 rings (SSSR count). The molecule has 0 saturated heterocycles. The topological polar surface area (TPSA) is 237 Å². The molecule has 0 saturated carbocycles. The highest BCUT2D eigenvalue weighted by molar-refractivity contribution is 7.47. The van der Waals surface area contributed by atoms with Gasteiger partial charge in [-0.1, -0.05) is 369 Å². The Morgan fingerprint density at radius 2 is 0.465 bits per heavy atom. The molecule has 19 heteroatoms. The number of unbranched alkanes of at least 4 members (excludes halogenated alkanes) is 49. The molecule has 0 bridgehead atoms. The molecule has 0 amide bonds. The summed E-state index contributed by atoms with van der Waals surface area (Å²) in [6, 6.07) is 0. The van der Waals surface area contributed by atoms with Crippen LogP contribution in [0.25, 0.3) is 0 Å². The van der Waals surface area contributed by atoms with Crippen molar-refractivity contribution in [3.05, 3.63) is 0 Å². The van der Waals surface area contributed by atoms with Crippen LogP contribution < -0.4 is 0 Å². The summed E-state index contributed by atoms with van der Waals surface area (Å²) in [6.07, 6.45) is 61.0. The van der Waals surface area contributed by atoms with E-state index in [9.17, 15) is 43.2 Å². The minimum Gasteiger partial charge on any atom is -0.462 e. The van der Waals surface area contributed by atoms with Crippen LogP contribution in [0.15, 0.2) is 0 Å². The van der Waals surface area contributed by atoms with Crippen LogP contribution in [0.1, 0.15) is 420 Å². The molecular formula is C80H156O17P2. The van der Waals surface area contributed by atoms with Crippen LogP contribution in [0.2, 0.25) is 0 Å². The number of ether oxygens (including phenoxy) is 4. The third kappa shape index (κ3) is 74.1. The largest absolute Gasteiger partial charge is 0.472 e. The van der Waals surface area contributed by atoms with E-state index < -0.39 is 97.5 Å². The van der Waals surface area contributed by atoms with Crippen molar-refractivity contribution in [3.63, 3.8) is 0 Å². The van der Waals surface area contributed by atoms with Gasteiger partial charge in [-0.2, -0.15) is 0 Å². The maximum absolute atomic E-state index is 13.1. The first kappa shape index (κ1) is 97.1. The maximum Gasteiger partial charge on any atom is 0.472 e. The fourth-order valence-electron chi connectivity index (χ4n) is 12.4. The zero-order valence-corrected chi connectivity index (χ0v) is 66.6. The molecule has 0 aliphatic heterocycles. The third-order valence-corrected chi connectivity index (χ3v) is 20.6. The zero-order chi connectivity index (χ0) is 72.8. The van der Waals surface area contributed by atoms with E-state index in [0.717, 1.165) is 102 Å². The van der Waals surface area contributed by atoms with Gasteiger partial charge in [-0.25, -0.2) is 9.13 Å². The minimum absolute atomic E-state index is 0.108. The third-order valence-electron chi connectivity index (χ3n) is 18.7. The molecule has 99 heavy (non-hydrogen) atoms. The van der Waals surface area contributed by atoms with Crippen LogP contribution in [0.3, 0.4) is 0 Å². The first-order valence-corrected chi connectivity index (χ1v) is 44.5. The number of aliphatic hydroxyl groups is 1. The molecular weight excluding hydrogens is 1290 g/mol. The lowest BCUT2D eigenvalue weighted by atomic mass is 10.0. The van der Waals surface area contributed by atoms with Gasteiger partial charge in [0, 0.05) is 25.7 Å². The normalized spacial score (nSPS) is 13.9. The molecule has 0 aromatic heterocycles. The predicted octanol–water partition coefficient (Wildman–Crippen LogP) is 23.9. The highest BCUT2D eigenvalue weighted by atomic mass is 31.2. The van der Waals surface area contributed by atoms with E-state index in [2.05, 4.69) is 41.5 Å². The van der Waals surface area contributed by atoms with E-state index in [4.69, 9.17) is 37.0 Å². The highest BCUT2D eigenvalue weighted by Gasteiger charge is 2.30. The van der Waals surface area contributed by atoms with E-state index in [-0.39, 0.29) is 25.7 Å². The van der Waals surface area contributed by atoms with Gasteiger partial charge in [0.15, 0.2) is 12.2 Å². The van der Waals surface area contributed by atoms with Gasteiger partial charge in [0.2, 0.25) is 0 Å². The van der Waals surface area contributed by atoms with Crippen molar-refractivity contribution in [1.82, 2.24) is 0 Å². The SMILES string of the molecule is CCCCCCCCCCCCCCCCCC(=O)O[C@H](COC(=O)CCCCCCCCCCC)COP(=O)(O)OC[C@H](O)COP(=O)(O)OC[C@@H](COC(=O)CCCCCCCCCCCCCCCC(C)C)OC(=O)CCCCCCCCCCCCCCCCCCC(C)C. The number of phosphoric acid groups is 2. The van der Waals surface area contributed by atoms with Gasteiger partial charge in [0.05, 0.1) is 26.4 Å². The van der Waals surface area contributed by atoms with Gasteiger partial charge >= 0.3 is 39.5 Å². The number of carbonyl (C=O) groups excluding carboxylic acids is 4. The molecule has 0 aromatic rings. The van der Waals surface area contributed by atoms with Gasteiger partial charge in [-0.3, -0.25) is 37.3 Å². The van der Waals surface area contributed by atoms with Crippen LogP contribution in [-0.4, -0.2) is 96.7 Å². The van der Waals surface area contributed by atoms with Gasteiger partial charge in [-0.15, -0.1) is 0 Å². The van der Waals surface area contributed by atoms with Crippen LogP contribution in [0.5, 0.6) is 0 Å². The summed E-state index contributed by atoms with van der Waals surface area (Å²) < 4.78 is 68.7. The number of aliphatic hydroxyl groups excluding tert-OH is 1. The number of hydrogen-bond donors (Lipinski definition) is 3. The Kier molecular flexibility index (Phi) is 70.3. The summed E-state index contributed by atoms with van der Waals surface area (Å²) in [5, 5.41) is 10.6. The fraction of sp³-hybridized carbons (Fsp3) is 0.950. The molecule has 0 fully saturated rings. The summed E-state index contributed by atoms with van der Waals surface area (Å²) in [6.45, 7) is 9.67. The summed E-state index contributed by atoms with van der Waals surface area (Å²) in [5.74, 6) is -0.509. The first-order valence-electron chi connectivity index (χ1n) is 41.5. The quantitative estimate of drug-likeness (QED) is 0.0222. The van der Waals surface area contributed by atoms with Crippen molar-refractivity contribution >= 4 is 39.5 Å². The fourth-order valence-corrected chi connectivity index (χ4v) is 13.9. The number of rotatable bonds is 79. The van der Waals surface area contributed by atoms with E-state index in [1.165, 1.54) is 238 Å². The standard InChI is InChI=1S/C80H156O17P2/c1-7-9-11-13-15-17-18-19-22-28-34-40-46-52-58-64-79(84)96-75(68-90-77(82)62-56-50-44-36-16-14-12-10-8-2)70-94-98(86,87)92-66-74(81)67-93-99(88,89)95-71-76(69-91-78(83)63-57-51-45-39-33-30-25-27-32-38-43-49-55-61-73(5)6)97-80(85)65-59-53-47-41-35-29-24-21-20-23-26-31-37-42-48-54-60-72(3)4/h72-76,81H,7-71H2,1-6H3,(H,86,87)(H,88,89)/t74-,75+,76+/m0/s1. The molecule has 17 nitrogen and oxygen atoms in total. The van der Waals surface area contributed by atoms with Gasteiger partial charge in [-0.05, 0) is 37.5 Å². The van der Waals surface area contributed by atoms with E-state index in [1.54, 1.807) is 0 Å². The van der Waals surface area contributed by atoms with Gasteiger partial charge in [0.25, 0.3) is 0 Å². The number of hydrogen-bond acceptors (Lipinski definition) is 15. The second kappa shape index (κ2) is 71.7. The van der Waals surface area contributed by atoms with Crippen molar-refractivity contribution in [2.24, 2.45) is 11.8 Å². The lowest BCUT2D eigenvalue weighted by molar-refractivity contribution is -0.161. The number of esters is 4. The Hall–Kier alpha value is -1.94. The molecule has 0 aromatic carbocycles. The van der Waals surface area contributed by atoms with Crippen molar-refractivity contribution < 1.29 is 80.2 Å². The predicted molar refractivity (Wildman–Crippen MR) is 405 cm³/mol. The second-order valence-corrected chi connectivity index (χ2v) is 32.7. The molecule has 0 radical (unpaired) electrons. The first-order chi connectivity index (χ1) is 47.9. The lowest BCUT2D eigenvalue weighted by Gasteiger charge is -2.21. The average Bonchev–Trinajstić information content (AvgIpc) is 1.47. The molecule has 0 aliphatic carbocycles. The summed E-state index contributed by atoms with van der Waals surface area (Å²) in [4.78, 5) is 72.9. The van der Waals surface area contributed by atoms with Crippen LogP contribution in [0.4, 0.5) is 0 Å². The van der Waals surface area contributed by atoms with Crippen molar-refractivity contribution in [2.75, 3.05) is 39.6 Å². The van der Waals surface area contributed by atoms with Gasteiger partial charge in [0.1, 0.15) is 19.3 Å². The van der Waals surface area contributed by atoms with Crippen LogP contribution >= 0.6 is 15.6 Å². The average molecular weight is 1450 g/mol. The van der Waals surface area contributed by atoms with Gasteiger partial charge < -0.3 is 33.8 Å². The minimum atomic E-state index is -4.96. The molecule has 5 atom stereocenters. The Morgan fingerprint density at radius 1 is 0.273 bits per heavy atom. The van der Waals surface area contributed by atoms with Crippen molar-refractivity contribution in [1.29, 1.82) is 0 Å². The molecule has 0 aliphatic rings. The van der Waals surface area contributed by atoms with E-state index in [0.29, 0.717) is 25.7 Å². The maximum atomic E-state index is 13.1. The molecule has 588 valence electrons. The van der Waals surface area contributed by atoms with Crippen LogP contribution in [-0.2, 0) is 65.4 Å². The van der Waals surface area contributed by atoms with Crippen LogP contribution in [0, 0.1) is 11.8 Å². The molecule has 0 heterocycles. The Bertz CT molecular complexity index is 1910. The summed E-state index contributed by atoms with van der Waals surface area (Å²) in [5.41, 5.74) is 0. The smallest absolute Gasteiger partial charge is 0.462 e. The number of carbonyl (C=O) groups is 4. The second-order valence-electron chi connectivity index (χ2n) is 29.8. The molecule has 0 spiro atoms. The summed E-state index contributed by atoms with van der Waals surface area (Å²) >= 11 is 0. The molecule has 3 N–H and O–H groups in total. The van der Waals surface area contributed by atoms with E-state index in [1.807, 2.05) is 0 Å².